The third-order valence-corrected chi connectivity index (χ3v) is 7.18. The molecular formula is C18H23FN2O3S2. The molecule has 0 saturated carbocycles. The van der Waals surface area contributed by atoms with Crippen LogP contribution in [-0.4, -0.2) is 46.6 Å². The number of hydrogen-bond acceptors (Lipinski definition) is 5. The van der Waals surface area contributed by atoms with Gasteiger partial charge in [-0.1, -0.05) is 6.07 Å². The van der Waals surface area contributed by atoms with Crippen LogP contribution in [0.3, 0.4) is 0 Å². The van der Waals surface area contributed by atoms with Crippen molar-refractivity contribution < 1.29 is 17.5 Å². The van der Waals surface area contributed by atoms with E-state index in [1.54, 1.807) is 11.3 Å². The van der Waals surface area contributed by atoms with Gasteiger partial charge in [-0.3, -0.25) is 0 Å². The normalized spacial score (nSPS) is 16.7. The number of nitrogens with one attached hydrogen (secondary N) is 1. The molecule has 0 bridgehead atoms. The Balaban J connectivity index is 1.48. The Morgan fingerprint density at radius 3 is 2.69 bits per heavy atom. The molecule has 1 saturated heterocycles. The van der Waals surface area contributed by atoms with Gasteiger partial charge in [-0.25, -0.2) is 17.5 Å². The molecule has 1 aliphatic rings. The number of sulfonamides is 1. The van der Waals surface area contributed by atoms with E-state index in [0.717, 1.165) is 32.0 Å². The molecule has 2 aromatic rings. The fraction of sp³-hybridized carbons (Fsp3) is 0.444. The van der Waals surface area contributed by atoms with Crippen molar-refractivity contribution in [1.29, 1.82) is 0 Å². The van der Waals surface area contributed by atoms with E-state index in [1.807, 2.05) is 0 Å². The summed E-state index contributed by atoms with van der Waals surface area (Å²) in [5.41, 5.74) is 0. The van der Waals surface area contributed by atoms with Gasteiger partial charge in [0.1, 0.15) is 0 Å². The molecule has 0 aliphatic carbocycles. The van der Waals surface area contributed by atoms with Gasteiger partial charge in [-0.2, -0.15) is 0 Å². The van der Waals surface area contributed by atoms with Crippen molar-refractivity contribution in [3.63, 3.8) is 0 Å². The molecule has 0 amide bonds. The molecule has 1 aromatic heterocycles. The Labute approximate surface area is 157 Å². The molecule has 3 rings (SSSR count). The maximum absolute atomic E-state index is 13.7. The molecule has 0 unspecified atom stereocenters. The van der Waals surface area contributed by atoms with Crippen LogP contribution in [0.5, 0.6) is 5.75 Å². The van der Waals surface area contributed by atoms with Crippen molar-refractivity contribution in [2.45, 2.75) is 23.7 Å². The smallest absolute Gasteiger partial charge is 0.240 e. The van der Waals surface area contributed by atoms with E-state index in [1.165, 1.54) is 24.1 Å². The van der Waals surface area contributed by atoms with Crippen molar-refractivity contribution in [2.24, 2.45) is 0 Å². The first-order valence-corrected chi connectivity index (χ1v) is 10.9. The molecule has 1 N–H and O–H groups in total. The molecule has 1 aliphatic heterocycles. The Bertz CT molecular complexity index is 817. The summed E-state index contributed by atoms with van der Waals surface area (Å²) in [5.74, 6) is -0.0474. The summed E-state index contributed by atoms with van der Waals surface area (Å²) in [6, 6.07) is 7.92. The van der Waals surface area contributed by atoms with Crippen LogP contribution in [-0.2, 0) is 10.0 Å². The van der Waals surface area contributed by atoms with Gasteiger partial charge in [0.05, 0.1) is 12.0 Å². The van der Waals surface area contributed by atoms with Crippen molar-refractivity contribution in [2.75, 3.05) is 33.3 Å². The van der Waals surface area contributed by atoms with Gasteiger partial charge in [0.15, 0.2) is 11.6 Å². The number of likely N-dealkylation sites (tertiary alicyclic amines) is 1. The largest absolute Gasteiger partial charge is 0.494 e. The van der Waals surface area contributed by atoms with E-state index in [2.05, 4.69) is 27.1 Å². The summed E-state index contributed by atoms with van der Waals surface area (Å²) in [4.78, 5) is 3.61. The lowest BCUT2D eigenvalue weighted by atomic mass is 9.95. The lowest BCUT2D eigenvalue weighted by molar-refractivity contribution is 0.217. The Morgan fingerprint density at radius 1 is 1.31 bits per heavy atom. The summed E-state index contributed by atoms with van der Waals surface area (Å²) < 4.78 is 45.7. The minimum Gasteiger partial charge on any atom is -0.494 e. The molecule has 0 atom stereocenters. The second-order valence-corrected chi connectivity index (χ2v) is 9.07. The fourth-order valence-corrected chi connectivity index (χ4v) is 5.13. The summed E-state index contributed by atoms with van der Waals surface area (Å²) in [6.07, 6.45) is 2.19. The minimum atomic E-state index is -3.73. The third kappa shape index (κ3) is 4.62. The highest BCUT2D eigenvalue weighted by atomic mass is 32.2. The van der Waals surface area contributed by atoms with Gasteiger partial charge in [-0.05, 0) is 61.5 Å². The standard InChI is InChI=1S/C18H23FN2O3S2/c1-24-17-5-4-15(13-16(17)19)26(22,23)20-8-11-21-9-6-14(7-10-21)18-3-2-12-25-18/h2-5,12-14,20H,6-11H2,1H3. The molecule has 0 spiro atoms. The van der Waals surface area contributed by atoms with Crippen LogP contribution in [0.4, 0.5) is 4.39 Å². The van der Waals surface area contributed by atoms with Gasteiger partial charge in [0, 0.05) is 18.0 Å². The molecule has 8 heteroatoms. The average Bonchev–Trinajstić information content (AvgIpc) is 3.17. The quantitative estimate of drug-likeness (QED) is 0.779. The van der Waals surface area contributed by atoms with Gasteiger partial charge in [-0.15, -0.1) is 11.3 Å². The van der Waals surface area contributed by atoms with Crippen LogP contribution in [0.1, 0.15) is 23.6 Å². The van der Waals surface area contributed by atoms with E-state index in [0.29, 0.717) is 19.0 Å². The average molecular weight is 399 g/mol. The summed E-state index contributed by atoms with van der Waals surface area (Å²) >= 11 is 1.80. The molecule has 2 heterocycles. The number of benzene rings is 1. The minimum absolute atomic E-state index is 0.0255. The molecular weight excluding hydrogens is 375 g/mol. The van der Waals surface area contributed by atoms with E-state index < -0.39 is 15.8 Å². The first-order valence-electron chi connectivity index (χ1n) is 8.58. The first kappa shape index (κ1) is 19.3. The maximum Gasteiger partial charge on any atom is 0.240 e. The molecule has 142 valence electrons. The highest BCUT2D eigenvalue weighted by molar-refractivity contribution is 7.89. The first-order chi connectivity index (χ1) is 12.5. The highest BCUT2D eigenvalue weighted by Crippen LogP contribution is 2.30. The number of hydrogen-bond donors (Lipinski definition) is 1. The van der Waals surface area contributed by atoms with Gasteiger partial charge < -0.3 is 9.64 Å². The van der Waals surface area contributed by atoms with Crippen molar-refractivity contribution in [1.82, 2.24) is 9.62 Å². The zero-order valence-electron chi connectivity index (χ0n) is 14.7. The van der Waals surface area contributed by atoms with Crippen LogP contribution in [0.2, 0.25) is 0 Å². The van der Waals surface area contributed by atoms with Crippen LogP contribution in [0.15, 0.2) is 40.6 Å². The third-order valence-electron chi connectivity index (χ3n) is 4.69. The van der Waals surface area contributed by atoms with Crippen molar-refractivity contribution in [3.05, 3.63) is 46.4 Å². The number of nitrogens with zero attached hydrogens (tertiary/aromatic N) is 1. The second kappa shape index (κ2) is 8.47. The monoisotopic (exact) mass is 398 g/mol. The topological polar surface area (TPSA) is 58.6 Å². The number of piperidine rings is 1. The summed E-state index contributed by atoms with van der Waals surface area (Å²) in [5, 5.41) is 2.11. The number of thiophene rings is 1. The van der Waals surface area contributed by atoms with Crippen molar-refractivity contribution in [3.8, 4) is 5.75 Å². The van der Waals surface area contributed by atoms with E-state index >= 15 is 0 Å². The Kier molecular flexibility index (Phi) is 6.29. The second-order valence-electron chi connectivity index (χ2n) is 6.33. The molecule has 5 nitrogen and oxygen atoms in total. The maximum atomic E-state index is 13.7. The number of ether oxygens (including phenoxy) is 1. The van der Waals surface area contributed by atoms with Crippen LogP contribution in [0.25, 0.3) is 0 Å². The zero-order chi connectivity index (χ0) is 18.6. The molecule has 1 aromatic carbocycles. The number of halogens is 1. The summed E-state index contributed by atoms with van der Waals surface area (Å²) in [7, 11) is -2.39. The SMILES string of the molecule is COc1ccc(S(=O)(=O)NCCN2CCC(c3cccs3)CC2)cc1F. The molecule has 1 fully saturated rings. The van der Waals surface area contributed by atoms with E-state index in [-0.39, 0.29) is 10.6 Å². The van der Waals surface area contributed by atoms with Crippen LogP contribution < -0.4 is 9.46 Å². The van der Waals surface area contributed by atoms with Crippen molar-refractivity contribution >= 4 is 21.4 Å². The van der Waals surface area contributed by atoms with E-state index in [4.69, 9.17) is 4.74 Å². The van der Waals surface area contributed by atoms with Gasteiger partial charge >= 0.3 is 0 Å². The lowest BCUT2D eigenvalue weighted by Gasteiger charge is -2.31. The highest BCUT2D eigenvalue weighted by Gasteiger charge is 2.22. The van der Waals surface area contributed by atoms with E-state index in [9.17, 15) is 12.8 Å². The Morgan fingerprint density at radius 2 is 2.08 bits per heavy atom. The van der Waals surface area contributed by atoms with Gasteiger partial charge in [0.25, 0.3) is 0 Å². The van der Waals surface area contributed by atoms with Crippen LogP contribution in [0, 0.1) is 5.82 Å². The van der Waals surface area contributed by atoms with Gasteiger partial charge in [0.2, 0.25) is 10.0 Å². The zero-order valence-corrected chi connectivity index (χ0v) is 16.3. The number of methoxy groups -OCH3 is 1. The lowest BCUT2D eigenvalue weighted by Crippen LogP contribution is -2.39. The number of rotatable bonds is 7. The predicted molar refractivity (Wildman–Crippen MR) is 101 cm³/mol. The van der Waals surface area contributed by atoms with Crippen LogP contribution >= 0.6 is 11.3 Å². The molecule has 26 heavy (non-hydrogen) atoms. The predicted octanol–water partition coefficient (Wildman–Crippen LogP) is 3.05. The Hall–Kier alpha value is -1.48. The fourth-order valence-electron chi connectivity index (χ4n) is 3.20. The molecule has 0 radical (unpaired) electrons. The summed E-state index contributed by atoms with van der Waals surface area (Å²) in [6.45, 7) is 2.87.